The van der Waals surface area contributed by atoms with E-state index in [0.29, 0.717) is 34.2 Å². The maximum atomic E-state index is 12.7. The molecule has 0 aromatic heterocycles. The number of ketones is 1. The number of anilines is 1. The highest BCUT2D eigenvalue weighted by Gasteiger charge is 2.14. The first-order valence-electron chi connectivity index (χ1n) is 8.41. The standard InChI is InChI=1S/C22H18ClNO3/c1-15(25)17-8-5-9-19(12-17)24-22(26)20-13-18(23)10-11-21(20)27-14-16-6-3-2-4-7-16/h2-13H,14H2,1H3,(H,24,26). The number of halogens is 1. The SMILES string of the molecule is CC(=O)c1cccc(NC(=O)c2cc(Cl)ccc2OCc2ccccc2)c1. The average Bonchev–Trinajstić information content (AvgIpc) is 2.68. The van der Waals surface area contributed by atoms with Crippen molar-refractivity contribution in [3.8, 4) is 5.75 Å². The summed E-state index contributed by atoms with van der Waals surface area (Å²) in [5.41, 5.74) is 2.38. The van der Waals surface area contributed by atoms with Gasteiger partial charge in [0.25, 0.3) is 5.91 Å². The monoisotopic (exact) mass is 379 g/mol. The molecule has 0 atom stereocenters. The zero-order valence-corrected chi connectivity index (χ0v) is 15.5. The third kappa shape index (κ3) is 4.96. The molecule has 3 aromatic carbocycles. The normalized spacial score (nSPS) is 10.3. The van der Waals surface area contributed by atoms with Crippen LogP contribution < -0.4 is 10.1 Å². The van der Waals surface area contributed by atoms with Gasteiger partial charge in [0.2, 0.25) is 0 Å². The molecule has 3 aromatic rings. The second-order valence-electron chi connectivity index (χ2n) is 6.01. The number of carbonyl (C=O) groups is 2. The summed E-state index contributed by atoms with van der Waals surface area (Å²) in [5, 5.41) is 3.22. The summed E-state index contributed by atoms with van der Waals surface area (Å²) < 4.78 is 5.83. The van der Waals surface area contributed by atoms with E-state index in [1.807, 2.05) is 30.3 Å². The minimum atomic E-state index is -0.360. The molecule has 0 spiro atoms. The molecule has 0 heterocycles. The molecule has 1 amide bonds. The fourth-order valence-electron chi connectivity index (χ4n) is 2.56. The number of hydrogen-bond donors (Lipinski definition) is 1. The predicted octanol–water partition coefficient (Wildman–Crippen LogP) is 5.37. The summed E-state index contributed by atoms with van der Waals surface area (Å²) in [6, 6.07) is 21.4. The van der Waals surface area contributed by atoms with Gasteiger partial charge >= 0.3 is 0 Å². The molecular formula is C22H18ClNO3. The first-order valence-corrected chi connectivity index (χ1v) is 8.79. The molecule has 0 bridgehead atoms. The van der Waals surface area contributed by atoms with Crippen molar-refractivity contribution in [3.05, 3.63) is 94.5 Å². The highest BCUT2D eigenvalue weighted by molar-refractivity contribution is 6.31. The van der Waals surface area contributed by atoms with Crippen LogP contribution in [0.25, 0.3) is 0 Å². The topological polar surface area (TPSA) is 55.4 Å². The molecule has 5 heteroatoms. The average molecular weight is 380 g/mol. The Bertz CT molecular complexity index is 970. The van der Waals surface area contributed by atoms with E-state index in [1.54, 1.807) is 42.5 Å². The Morgan fingerprint density at radius 1 is 0.963 bits per heavy atom. The number of amides is 1. The minimum Gasteiger partial charge on any atom is -0.488 e. The molecule has 0 aliphatic carbocycles. The van der Waals surface area contributed by atoms with Crippen molar-refractivity contribution in [2.45, 2.75) is 13.5 Å². The van der Waals surface area contributed by atoms with Gasteiger partial charge in [0.15, 0.2) is 5.78 Å². The summed E-state index contributed by atoms with van der Waals surface area (Å²) >= 11 is 6.07. The van der Waals surface area contributed by atoms with Crippen LogP contribution in [0.1, 0.15) is 33.2 Å². The van der Waals surface area contributed by atoms with Gasteiger partial charge in [-0.15, -0.1) is 0 Å². The Hall–Kier alpha value is -3.11. The fraction of sp³-hybridized carbons (Fsp3) is 0.0909. The lowest BCUT2D eigenvalue weighted by Crippen LogP contribution is -2.14. The summed E-state index contributed by atoms with van der Waals surface area (Å²) in [5.74, 6) is 0.00507. The van der Waals surface area contributed by atoms with Crippen molar-refractivity contribution in [2.75, 3.05) is 5.32 Å². The molecule has 3 rings (SSSR count). The minimum absolute atomic E-state index is 0.0688. The second kappa shape index (κ2) is 8.52. The van der Waals surface area contributed by atoms with Crippen molar-refractivity contribution < 1.29 is 14.3 Å². The summed E-state index contributed by atoms with van der Waals surface area (Å²) in [6.07, 6.45) is 0. The Morgan fingerprint density at radius 2 is 1.74 bits per heavy atom. The van der Waals surface area contributed by atoms with Crippen LogP contribution in [0.15, 0.2) is 72.8 Å². The molecule has 0 aliphatic heterocycles. The van der Waals surface area contributed by atoms with E-state index in [1.165, 1.54) is 6.92 Å². The first kappa shape index (κ1) is 18.7. The zero-order chi connectivity index (χ0) is 19.2. The van der Waals surface area contributed by atoms with Gasteiger partial charge in [-0.2, -0.15) is 0 Å². The predicted molar refractivity (Wildman–Crippen MR) is 107 cm³/mol. The Balaban J connectivity index is 1.80. The number of Topliss-reactive ketones (excluding diaryl/α,β-unsaturated/α-hetero) is 1. The fourth-order valence-corrected chi connectivity index (χ4v) is 2.73. The highest BCUT2D eigenvalue weighted by Crippen LogP contribution is 2.25. The second-order valence-corrected chi connectivity index (χ2v) is 6.44. The van der Waals surface area contributed by atoms with Crippen LogP contribution in [-0.2, 0) is 6.61 Å². The molecule has 0 unspecified atom stereocenters. The van der Waals surface area contributed by atoms with E-state index in [2.05, 4.69) is 5.32 Å². The quantitative estimate of drug-likeness (QED) is 0.585. The van der Waals surface area contributed by atoms with Crippen molar-refractivity contribution >= 4 is 29.0 Å². The number of nitrogens with one attached hydrogen (secondary N) is 1. The largest absolute Gasteiger partial charge is 0.488 e. The summed E-state index contributed by atoms with van der Waals surface area (Å²) in [4.78, 5) is 24.3. The van der Waals surface area contributed by atoms with E-state index in [-0.39, 0.29) is 11.7 Å². The van der Waals surface area contributed by atoms with Crippen molar-refractivity contribution in [1.82, 2.24) is 0 Å². The summed E-state index contributed by atoms with van der Waals surface area (Å²) in [6.45, 7) is 1.82. The third-order valence-corrected chi connectivity index (χ3v) is 4.19. The first-order chi connectivity index (χ1) is 13.0. The maximum absolute atomic E-state index is 12.7. The number of ether oxygens (including phenoxy) is 1. The van der Waals surface area contributed by atoms with Gasteiger partial charge in [-0.25, -0.2) is 0 Å². The van der Waals surface area contributed by atoms with Gasteiger partial charge in [0.05, 0.1) is 5.56 Å². The van der Waals surface area contributed by atoms with Crippen LogP contribution in [0.3, 0.4) is 0 Å². The van der Waals surface area contributed by atoms with Crippen LogP contribution in [0.2, 0.25) is 5.02 Å². The lowest BCUT2D eigenvalue weighted by molar-refractivity contribution is 0.100. The van der Waals surface area contributed by atoms with E-state index >= 15 is 0 Å². The number of rotatable bonds is 6. The van der Waals surface area contributed by atoms with Crippen LogP contribution in [0, 0.1) is 0 Å². The van der Waals surface area contributed by atoms with E-state index in [0.717, 1.165) is 5.56 Å². The van der Waals surface area contributed by atoms with Crippen molar-refractivity contribution in [2.24, 2.45) is 0 Å². The van der Waals surface area contributed by atoms with Gasteiger partial charge < -0.3 is 10.1 Å². The Morgan fingerprint density at radius 3 is 2.48 bits per heavy atom. The highest BCUT2D eigenvalue weighted by atomic mass is 35.5. The van der Waals surface area contributed by atoms with Crippen molar-refractivity contribution in [1.29, 1.82) is 0 Å². The van der Waals surface area contributed by atoms with E-state index in [9.17, 15) is 9.59 Å². The molecule has 0 saturated heterocycles. The van der Waals surface area contributed by atoms with Gasteiger partial charge in [0, 0.05) is 16.3 Å². The van der Waals surface area contributed by atoms with Crippen LogP contribution in [-0.4, -0.2) is 11.7 Å². The number of benzene rings is 3. The lowest BCUT2D eigenvalue weighted by Gasteiger charge is -2.13. The zero-order valence-electron chi connectivity index (χ0n) is 14.7. The van der Waals surface area contributed by atoms with Crippen LogP contribution in [0.5, 0.6) is 5.75 Å². The van der Waals surface area contributed by atoms with Gasteiger partial charge in [-0.3, -0.25) is 9.59 Å². The number of hydrogen-bond acceptors (Lipinski definition) is 3. The Kier molecular flexibility index (Phi) is 5.89. The maximum Gasteiger partial charge on any atom is 0.259 e. The molecule has 0 saturated carbocycles. The summed E-state index contributed by atoms with van der Waals surface area (Å²) in [7, 11) is 0. The molecule has 4 nitrogen and oxygen atoms in total. The van der Waals surface area contributed by atoms with Crippen LogP contribution >= 0.6 is 11.6 Å². The lowest BCUT2D eigenvalue weighted by atomic mass is 10.1. The van der Waals surface area contributed by atoms with Crippen molar-refractivity contribution in [3.63, 3.8) is 0 Å². The van der Waals surface area contributed by atoms with Gasteiger partial charge in [0.1, 0.15) is 12.4 Å². The number of carbonyl (C=O) groups excluding carboxylic acids is 2. The molecular weight excluding hydrogens is 362 g/mol. The molecule has 0 aliphatic rings. The molecule has 0 fully saturated rings. The molecule has 1 N–H and O–H groups in total. The molecule has 27 heavy (non-hydrogen) atoms. The smallest absolute Gasteiger partial charge is 0.259 e. The Labute approximate surface area is 162 Å². The van der Waals surface area contributed by atoms with E-state index in [4.69, 9.17) is 16.3 Å². The van der Waals surface area contributed by atoms with Gasteiger partial charge in [-0.1, -0.05) is 54.1 Å². The van der Waals surface area contributed by atoms with E-state index < -0.39 is 0 Å². The van der Waals surface area contributed by atoms with Gasteiger partial charge in [-0.05, 0) is 42.8 Å². The van der Waals surface area contributed by atoms with Crippen LogP contribution in [0.4, 0.5) is 5.69 Å². The molecule has 0 radical (unpaired) electrons. The third-order valence-electron chi connectivity index (χ3n) is 3.95. The molecule has 136 valence electrons.